The number of aryl methyl sites for hydroxylation is 2. The molecule has 1 saturated heterocycles. The van der Waals surface area contributed by atoms with Gasteiger partial charge in [0.25, 0.3) is 5.91 Å². The van der Waals surface area contributed by atoms with Crippen molar-refractivity contribution in [2.24, 2.45) is 5.92 Å². The smallest absolute Gasteiger partial charge is 0.351 e. The molecule has 1 fully saturated rings. The van der Waals surface area contributed by atoms with Crippen molar-refractivity contribution in [1.82, 2.24) is 10.1 Å². The number of carbonyl (C=O) groups excluding carboxylic acids is 1. The van der Waals surface area contributed by atoms with Crippen LogP contribution < -0.4 is 0 Å². The number of benzene rings is 1. The first kappa shape index (κ1) is 18.5. The standard InChI is InChI=1S/C19H21F3N2O2/c1-13-11-17(26-23-13)18(25)24-10-4-5-14(12-24)8-9-15-6-2-3-7-16(15)19(20,21)22/h2-3,6-7,11,14H,4-5,8-10,12H2,1H3. The summed E-state index contributed by atoms with van der Waals surface area (Å²) in [6, 6.07) is 7.30. The molecule has 1 unspecified atom stereocenters. The predicted molar refractivity (Wildman–Crippen MR) is 89.6 cm³/mol. The van der Waals surface area contributed by atoms with E-state index in [-0.39, 0.29) is 17.6 Å². The van der Waals surface area contributed by atoms with Crippen molar-refractivity contribution in [2.75, 3.05) is 13.1 Å². The van der Waals surface area contributed by atoms with Crippen molar-refractivity contribution in [3.63, 3.8) is 0 Å². The Morgan fingerprint density at radius 1 is 1.35 bits per heavy atom. The lowest BCUT2D eigenvalue weighted by Gasteiger charge is -2.32. The number of amides is 1. The number of rotatable bonds is 4. The molecule has 1 aliphatic heterocycles. The second-order valence-corrected chi connectivity index (χ2v) is 6.79. The molecule has 1 aromatic heterocycles. The van der Waals surface area contributed by atoms with E-state index < -0.39 is 11.7 Å². The van der Waals surface area contributed by atoms with Gasteiger partial charge >= 0.3 is 6.18 Å². The van der Waals surface area contributed by atoms with E-state index >= 15 is 0 Å². The molecule has 1 aliphatic rings. The van der Waals surface area contributed by atoms with Gasteiger partial charge < -0.3 is 9.42 Å². The summed E-state index contributed by atoms with van der Waals surface area (Å²) >= 11 is 0. The Bertz CT molecular complexity index is 770. The maximum atomic E-state index is 13.1. The fourth-order valence-corrected chi connectivity index (χ4v) is 3.48. The third-order valence-electron chi connectivity index (χ3n) is 4.79. The molecule has 140 valence electrons. The molecule has 0 bridgehead atoms. The van der Waals surface area contributed by atoms with E-state index in [1.54, 1.807) is 24.0 Å². The van der Waals surface area contributed by atoms with Crippen molar-refractivity contribution in [3.05, 3.63) is 52.9 Å². The highest BCUT2D eigenvalue weighted by Crippen LogP contribution is 2.33. The van der Waals surface area contributed by atoms with Crippen LogP contribution in [0.15, 0.2) is 34.9 Å². The van der Waals surface area contributed by atoms with Crippen LogP contribution in [-0.2, 0) is 12.6 Å². The molecule has 2 heterocycles. The first-order valence-corrected chi connectivity index (χ1v) is 8.72. The molecular formula is C19H21F3N2O2. The Labute approximate surface area is 150 Å². The molecule has 4 nitrogen and oxygen atoms in total. The SMILES string of the molecule is Cc1cc(C(=O)N2CCCC(CCc3ccccc3C(F)(F)F)C2)on1. The van der Waals surface area contributed by atoms with E-state index in [1.807, 2.05) is 0 Å². The number of hydrogen-bond acceptors (Lipinski definition) is 3. The van der Waals surface area contributed by atoms with Gasteiger partial charge in [0.05, 0.1) is 11.3 Å². The maximum Gasteiger partial charge on any atom is 0.416 e. The zero-order valence-corrected chi connectivity index (χ0v) is 14.6. The Kier molecular flexibility index (Phi) is 5.34. The number of hydrogen-bond donors (Lipinski definition) is 0. The van der Waals surface area contributed by atoms with Crippen LogP contribution >= 0.6 is 0 Å². The molecule has 0 radical (unpaired) electrons. The highest BCUT2D eigenvalue weighted by Gasteiger charge is 2.33. The Hall–Kier alpha value is -2.31. The molecule has 0 N–H and O–H groups in total. The van der Waals surface area contributed by atoms with Crippen LogP contribution in [0.2, 0.25) is 0 Å². The number of piperidine rings is 1. The van der Waals surface area contributed by atoms with Gasteiger partial charge in [-0.1, -0.05) is 23.4 Å². The average Bonchev–Trinajstić information content (AvgIpc) is 3.05. The van der Waals surface area contributed by atoms with E-state index in [9.17, 15) is 18.0 Å². The average molecular weight is 366 g/mol. The van der Waals surface area contributed by atoms with E-state index in [4.69, 9.17) is 4.52 Å². The van der Waals surface area contributed by atoms with Crippen LogP contribution in [0.25, 0.3) is 0 Å². The normalized spacial score (nSPS) is 18.2. The Morgan fingerprint density at radius 2 is 2.12 bits per heavy atom. The highest BCUT2D eigenvalue weighted by molar-refractivity contribution is 5.91. The van der Waals surface area contributed by atoms with Crippen LogP contribution in [0.1, 0.15) is 46.6 Å². The van der Waals surface area contributed by atoms with Gasteiger partial charge in [-0.2, -0.15) is 13.2 Å². The minimum Gasteiger partial charge on any atom is -0.351 e. The molecule has 26 heavy (non-hydrogen) atoms. The van der Waals surface area contributed by atoms with Gasteiger partial charge in [-0.25, -0.2) is 0 Å². The van der Waals surface area contributed by atoms with Gasteiger partial charge in [0.15, 0.2) is 0 Å². The number of nitrogens with zero attached hydrogens (tertiary/aromatic N) is 2. The van der Waals surface area contributed by atoms with Crippen molar-refractivity contribution in [1.29, 1.82) is 0 Å². The number of aromatic nitrogens is 1. The predicted octanol–water partition coefficient (Wildman–Crippen LogP) is 4.49. The van der Waals surface area contributed by atoms with Gasteiger partial charge in [-0.05, 0) is 50.2 Å². The lowest BCUT2D eigenvalue weighted by molar-refractivity contribution is -0.138. The quantitative estimate of drug-likeness (QED) is 0.801. The molecule has 0 saturated carbocycles. The molecule has 7 heteroatoms. The first-order chi connectivity index (χ1) is 12.3. The molecule has 1 atom stereocenters. The van der Waals surface area contributed by atoms with Gasteiger partial charge in [0.2, 0.25) is 5.76 Å². The zero-order valence-electron chi connectivity index (χ0n) is 14.6. The topological polar surface area (TPSA) is 46.3 Å². The summed E-state index contributed by atoms with van der Waals surface area (Å²) in [6.45, 7) is 2.92. The van der Waals surface area contributed by atoms with E-state index in [0.717, 1.165) is 18.9 Å². The van der Waals surface area contributed by atoms with Crippen LogP contribution in [0, 0.1) is 12.8 Å². The number of likely N-dealkylation sites (tertiary alicyclic amines) is 1. The van der Waals surface area contributed by atoms with E-state index in [1.165, 1.54) is 12.1 Å². The Morgan fingerprint density at radius 3 is 2.81 bits per heavy atom. The lowest BCUT2D eigenvalue weighted by atomic mass is 9.90. The van der Waals surface area contributed by atoms with Gasteiger partial charge in [-0.3, -0.25) is 4.79 Å². The third-order valence-corrected chi connectivity index (χ3v) is 4.79. The first-order valence-electron chi connectivity index (χ1n) is 8.72. The number of alkyl halides is 3. The maximum absolute atomic E-state index is 13.1. The number of carbonyl (C=O) groups is 1. The van der Waals surface area contributed by atoms with E-state index in [2.05, 4.69) is 5.16 Å². The summed E-state index contributed by atoms with van der Waals surface area (Å²) < 4.78 is 44.3. The summed E-state index contributed by atoms with van der Waals surface area (Å²) in [7, 11) is 0. The fourth-order valence-electron chi connectivity index (χ4n) is 3.48. The fraction of sp³-hybridized carbons (Fsp3) is 0.474. The minimum atomic E-state index is -4.34. The number of halogens is 3. The zero-order chi connectivity index (χ0) is 18.7. The summed E-state index contributed by atoms with van der Waals surface area (Å²) in [5.41, 5.74) is 0.390. The monoisotopic (exact) mass is 366 g/mol. The van der Waals surface area contributed by atoms with Crippen molar-refractivity contribution in [3.8, 4) is 0 Å². The highest BCUT2D eigenvalue weighted by atomic mass is 19.4. The van der Waals surface area contributed by atoms with Crippen LogP contribution in [-0.4, -0.2) is 29.1 Å². The second-order valence-electron chi connectivity index (χ2n) is 6.79. The van der Waals surface area contributed by atoms with Crippen molar-refractivity contribution >= 4 is 5.91 Å². The summed E-state index contributed by atoms with van der Waals surface area (Å²) in [5, 5.41) is 3.73. The molecule has 1 amide bonds. The molecular weight excluding hydrogens is 345 g/mol. The second kappa shape index (κ2) is 7.51. The Balaban J connectivity index is 1.62. The lowest BCUT2D eigenvalue weighted by Crippen LogP contribution is -2.40. The van der Waals surface area contributed by atoms with Crippen molar-refractivity contribution in [2.45, 2.75) is 38.8 Å². The van der Waals surface area contributed by atoms with Gasteiger partial charge in [-0.15, -0.1) is 0 Å². The van der Waals surface area contributed by atoms with Crippen molar-refractivity contribution < 1.29 is 22.5 Å². The summed E-state index contributed by atoms with van der Waals surface area (Å²) in [5.74, 6) is 0.189. The largest absolute Gasteiger partial charge is 0.416 e. The molecule has 2 aromatic rings. The summed E-state index contributed by atoms with van der Waals surface area (Å²) in [4.78, 5) is 14.2. The van der Waals surface area contributed by atoms with Crippen LogP contribution in [0.5, 0.6) is 0 Å². The molecule has 0 aliphatic carbocycles. The van der Waals surface area contributed by atoms with Crippen LogP contribution in [0.3, 0.4) is 0 Å². The third kappa shape index (κ3) is 4.26. The van der Waals surface area contributed by atoms with Gasteiger partial charge in [0, 0.05) is 19.2 Å². The summed E-state index contributed by atoms with van der Waals surface area (Å²) in [6.07, 6.45) is -1.62. The molecule has 0 spiro atoms. The minimum absolute atomic E-state index is 0.179. The molecule has 3 rings (SSSR count). The van der Waals surface area contributed by atoms with Crippen LogP contribution in [0.4, 0.5) is 13.2 Å². The molecule has 1 aromatic carbocycles. The van der Waals surface area contributed by atoms with E-state index in [0.29, 0.717) is 37.2 Å². The van der Waals surface area contributed by atoms with Gasteiger partial charge in [0.1, 0.15) is 0 Å².